The zero-order valence-corrected chi connectivity index (χ0v) is 17.9. The number of hydrogen-bond donors (Lipinski definition) is 0. The molecule has 26 heavy (non-hydrogen) atoms. The minimum Gasteiger partial charge on any atom is -0.0658 e. The van der Waals surface area contributed by atoms with E-state index >= 15 is 0 Å². The molecule has 1 heteroatoms. The summed E-state index contributed by atoms with van der Waals surface area (Å²) in [4.78, 5) is 0. The van der Waals surface area contributed by atoms with Crippen LogP contribution in [-0.4, -0.2) is 8.07 Å². The van der Waals surface area contributed by atoms with Crippen LogP contribution in [-0.2, 0) is 12.8 Å². The normalized spacial score (nSPS) is 16.6. The summed E-state index contributed by atoms with van der Waals surface area (Å²) in [5.74, 6) is 0. The minimum absolute atomic E-state index is 1.19. The first kappa shape index (κ1) is 17.8. The lowest BCUT2D eigenvalue weighted by molar-refractivity contribution is 0.667. The van der Waals surface area contributed by atoms with Crippen molar-refractivity contribution in [2.75, 3.05) is 0 Å². The Bertz CT molecular complexity index is 852. The number of unbranched alkanes of at least 4 members (excludes halogenated alkanes) is 3. The number of fused-ring (bicyclic) bond motifs is 1. The van der Waals surface area contributed by atoms with Crippen LogP contribution in [0, 0.1) is 0 Å². The van der Waals surface area contributed by atoms with Crippen molar-refractivity contribution in [3.63, 3.8) is 0 Å². The second-order valence-electron chi connectivity index (χ2n) is 8.66. The van der Waals surface area contributed by atoms with Gasteiger partial charge in [0, 0.05) is 0 Å². The topological polar surface area (TPSA) is 0 Å². The molecule has 0 nitrogen and oxygen atoms in total. The summed E-state index contributed by atoms with van der Waals surface area (Å²) in [7, 11) is -1.52. The molecule has 1 aliphatic carbocycles. The molecule has 2 aliphatic rings. The van der Waals surface area contributed by atoms with E-state index in [0.29, 0.717) is 0 Å². The van der Waals surface area contributed by atoms with Crippen LogP contribution in [0.4, 0.5) is 0 Å². The molecule has 0 saturated carbocycles. The Hall–Kier alpha value is -1.60. The average Bonchev–Trinajstić information content (AvgIpc) is 3.10. The molecule has 2 aromatic carbocycles. The van der Waals surface area contributed by atoms with E-state index in [1.54, 1.807) is 32.6 Å². The number of hydrogen-bond acceptors (Lipinski definition) is 0. The van der Waals surface area contributed by atoms with Crippen molar-refractivity contribution < 1.29 is 0 Å². The van der Waals surface area contributed by atoms with Crippen molar-refractivity contribution in [1.29, 1.82) is 0 Å². The Labute approximate surface area is 160 Å². The third-order valence-corrected chi connectivity index (χ3v) is 10.2. The SMILES string of the molecule is CCCCCCc1ccc(-c2c3ccc4c2C(=C(CC)C4)[Si]3(C)C)cc1. The Balaban J connectivity index is 1.68. The number of allylic oxidation sites excluding steroid dienone is 1. The molecule has 0 N–H and O–H groups in total. The van der Waals surface area contributed by atoms with E-state index in [4.69, 9.17) is 0 Å². The Kier molecular flexibility index (Phi) is 4.69. The standard InChI is InChI=1S/C25H32Si/c1-5-7-8-9-10-18-11-13-20(14-12-18)23-22-16-15-21-17-19(6-2)25(24(21)23)26(22,3)4/h11-16H,5-10,17H2,1-4H3. The van der Waals surface area contributed by atoms with E-state index < -0.39 is 8.07 Å². The van der Waals surface area contributed by atoms with Gasteiger partial charge in [-0.1, -0.05) is 88.2 Å². The van der Waals surface area contributed by atoms with Gasteiger partial charge < -0.3 is 0 Å². The number of benzene rings is 2. The zero-order chi connectivity index (χ0) is 18.3. The summed E-state index contributed by atoms with van der Waals surface area (Å²) in [6, 6.07) is 14.4. The van der Waals surface area contributed by atoms with Crippen LogP contribution >= 0.6 is 0 Å². The van der Waals surface area contributed by atoms with E-state index in [9.17, 15) is 0 Å². The summed E-state index contributed by atoms with van der Waals surface area (Å²) in [6.07, 6.45) is 9.01. The highest BCUT2D eigenvalue weighted by molar-refractivity contribution is 7.07. The molecule has 2 bridgehead atoms. The van der Waals surface area contributed by atoms with E-state index in [2.05, 4.69) is 63.3 Å². The van der Waals surface area contributed by atoms with E-state index in [0.717, 1.165) is 0 Å². The van der Waals surface area contributed by atoms with Gasteiger partial charge in [0.05, 0.1) is 0 Å². The maximum absolute atomic E-state index is 2.56. The molecule has 0 aromatic heterocycles. The summed E-state index contributed by atoms with van der Waals surface area (Å²) < 4.78 is 0. The molecule has 0 spiro atoms. The molecule has 0 atom stereocenters. The molecule has 1 aliphatic heterocycles. The van der Waals surface area contributed by atoms with Crippen LogP contribution < -0.4 is 5.19 Å². The van der Waals surface area contributed by atoms with E-state index in [1.165, 1.54) is 56.1 Å². The first-order valence-electron chi connectivity index (χ1n) is 10.6. The third kappa shape index (κ3) is 2.72. The molecule has 0 amide bonds. The van der Waals surface area contributed by atoms with Gasteiger partial charge in [0.15, 0.2) is 0 Å². The second-order valence-corrected chi connectivity index (χ2v) is 13.0. The van der Waals surface area contributed by atoms with E-state index in [1.807, 2.05) is 0 Å². The van der Waals surface area contributed by atoms with Gasteiger partial charge in [0.25, 0.3) is 0 Å². The van der Waals surface area contributed by atoms with E-state index in [-0.39, 0.29) is 0 Å². The Morgan fingerprint density at radius 3 is 2.31 bits per heavy atom. The van der Waals surface area contributed by atoms with Crippen molar-refractivity contribution in [3.05, 3.63) is 58.7 Å². The van der Waals surface area contributed by atoms with Gasteiger partial charge in [-0.05, 0) is 63.9 Å². The zero-order valence-electron chi connectivity index (χ0n) is 16.9. The largest absolute Gasteiger partial charge is 0.113 e. The molecule has 0 saturated heterocycles. The maximum Gasteiger partial charge on any atom is 0.113 e. The molecule has 0 radical (unpaired) electrons. The molecule has 4 rings (SSSR count). The van der Waals surface area contributed by atoms with Gasteiger partial charge >= 0.3 is 0 Å². The van der Waals surface area contributed by atoms with Gasteiger partial charge in [0.2, 0.25) is 0 Å². The van der Waals surface area contributed by atoms with Crippen LogP contribution in [0.25, 0.3) is 16.3 Å². The Morgan fingerprint density at radius 1 is 0.846 bits per heavy atom. The third-order valence-electron chi connectivity index (χ3n) is 6.59. The summed E-state index contributed by atoms with van der Waals surface area (Å²) in [5.41, 5.74) is 9.46. The molecule has 0 fully saturated rings. The van der Waals surface area contributed by atoms with Crippen LogP contribution in [0.5, 0.6) is 0 Å². The molecular weight excluding hydrogens is 328 g/mol. The van der Waals surface area contributed by atoms with Crippen molar-refractivity contribution in [3.8, 4) is 11.1 Å². The maximum atomic E-state index is 2.56. The molecule has 0 unspecified atom stereocenters. The highest BCUT2D eigenvalue weighted by Gasteiger charge is 2.45. The van der Waals surface area contributed by atoms with Gasteiger partial charge in [-0.3, -0.25) is 0 Å². The molecule has 1 heterocycles. The lowest BCUT2D eigenvalue weighted by Gasteiger charge is -2.21. The highest BCUT2D eigenvalue weighted by atomic mass is 28.3. The van der Waals surface area contributed by atoms with Gasteiger partial charge in [-0.15, -0.1) is 0 Å². The second kappa shape index (κ2) is 6.85. The Morgan fingerprint density at radius 2 is 1.62 bits per heavy atom. The molecular formula is C25H32Si. The lowest BCUT2D eigenvalue weighted by Crippen LogP contribution is -2.39. The van der Waals surface area contributed by atoms with Gasteiger partial charge in [0.1, 0.15) is 8.07 Å². The van der Waals surface area contributed by atoms with Gasteiger partial charge in [-0.2, -0.15) is 0 Å². The number of rotatable bonds is 7. The fourth-order valence-corrected chi connectivity index (χ4v) is 8.90. The predicted octanol–water partition coefficient (Wildman–Crippen LogP) is 6.66. The fraction of sp³-hybridized carbons (Fsp3) is 0.440. The average molecular weight is 361 g/mol. The van der Waals surface area contributed by atoms with Crippen LogP contribution in [0.1, 0.15) is 62.6 Å². The van der Waals surface area contributed by atoms with Crippen LogP contribution in [0.2, 0.25) is 13.1 Å². The first-order valence-corrected chi connectivity index (χ1v) is 13.6. The monoisotopic (exact) mass is 360 g/mol. The molecule has 136 valence electrons. The lowest BCUT2D eigenvalue weighted by atomic mass is 9.95. The first-order chi connectivity index (χ1) is 12.6. The predicted molar refractivity (Wildman–Crippen MR) is 118 cm³/mol. The summed E-state index contributed by atoms with van der Waals surface area (Å²) in [6.45, 7) is 9.73. The van der Waals surface area contributed by atoms with Crippen LogP contribution in [0.15, 0.2) is 42.0 Å². The van der Waals surface area contributed by atoms with Crippen molar-refractivity contribution >= 4 is 18.5 Å². The fourth-order valence-electron chi connectivity index (χ4n) is 5.18. The summed E-state index contributed by atoms with van der Waals surface area (Å²) >= 11 is 0. The molecule has 2 aromatic rings. The highest BCUT2D eigenvalue weighted by Crippen LogP contribution is 2.49. The summed E-state index contributed by atoms with van der Waals surface area (Å²) in [5, 5.41) is 3.43. The van der Waals surface area contributed by atoms with Crippen LogP contribution in [0.3, 0.4) is 0 Å². The number of aryl methyl sites for hydroxylation is 1. The minimum atomic E-state index is -1.52. The van der Waals surface area contributed by atoms with Crippen molar-refractivity contribution in [1.82, 2.24) is 0 Å². The van der Waals surface area contributed by atoms with Crippen molar-refractivity contribution in [2.24, 2.45) is 0 Å². The smallest absolute Gasteiger partial charge is 0.0658 e. The quantitative estimate of drug-likeness (QED) is 0.382. The van der Waals surface area contributed by atoms with Gasteiger partial charge in [-0.25, -0.2) is 0 Å². The van der Waals surface area contributed by atoms with Crippen molar-refractivity contribution in [2.45, 2.75) is 71.9 Å².